The van der Waals surface area contributed by atoms with E-state index in [-0.39, 0.29) is 5.56 Å². The number of allylic oxidation sites excluding steroid dienone is 1. The number of rotatable bonds is 1. The highest BCUT2D eigenvalue weighted by Crippen LogP contribution is 2.32. The fourth-order valence-electron chi connectivity index (χ4n) is 1.86. The average Bonchev–Trinajstić information content (AvgIpc) is 2.59. The van der Waals surface area contributed by atoms with Crippen LogP contribution in [0, 0.1) is 18.6 Å². The summed E-state index contributed by atoms with van der Waals surface area (Å²) >= 11 is 0. The molecule has 0 spiro atoms. The third kappa shape index (κ3) is 1.79. The zero-order chi connectivity index (χ0) is 11.0. The fraction of sp³-hybridized carbons (Fsp3) is 0.333. The molecule has 15 heavy (non-hydrogen) atoms. The van der Waals surface area contributed by atoms with Gasteiger partial charge in [0.15, 0.2) is 0 Å². The predicted octanol–water partition coefficient (Wildman–Crippen LogP) is 2.81. The second-order valence-electron chi connectivity index (χ2n) is 3.85. The minimum absolute atomic E-state index is 0.0200. The van der Waals surface area contributed by atoms with E-state index in [1.807, 2.05) is 0 Å². The molecule has 1 unspecified atom stereocenters. The van der Waals surface area contributed by atoms with E-state index in [2.05, 4.69) is 0 Å². The summed E-state index contributed by atoms with van der Waals surface area (Å²) in [4.78, 5) is 0. The van der Waals surface area contributed by atoms with Crippen LogP contribution in [0.15, 0.2) is 18.2 Å². The van der Waals surface area contributed by atoms with E-state index in [0.29, 0.717) is 24.0 Å². The molecule has 3 heteroatoms. The van der Waals surface area contributed by atoms with Gasteiger partial charge in [-0.25, -0.2) is 8.78 Å². The summed E-state index contributed by atoms with van der Waals surface area (Å²) in [5.74, 6) is -1.08. The van der Waals surface area contributed by atoms with Gasteiger partial charge >= 0.3 is 0 Å². The second kappa shape index (κ2) is 3.74. The average molecular weight is 210 g/mol. The smallest absolute Gasteiger partial charge is 0.136 e. The van der Waals surface area contributed by atoms with Crippen LogP contribution in [0.5, 0.6) is 0 Å². The zero-order valence-corrected chi connectivity index (χ0v) is 8.43. The van der Waals surface area contributed by atoms with Gasteiger partial charge in [0, 0.05) is 5.56 Å². The molecule has 1 atom stereocenters. The molecule has 0 saturated heterocycles. The first-order valence-corrected chi connectivity index (χ1v) is 4.93. The maximum atomic E-state index is 13.7. The van der Waals surface area contributed by atoms with Crippen LogP contribution in [-0.2, 0) is 0 Å². The predicted molar refractivity (Wildman–Crippen MR) is 54.3 cm³/mol. The molecule has 0 amide bonds. The molecule has 1 aliphatic rings. The molecule has 0 saturated carbocycles. The third-order valence-electron chi connectivity index (χ3n) is 2.71. The summed E-state index contributed by atoms with van der Waals surface area (Å²) in [6, 6.07) is 2.68. The Balaban J connectivity index is 2.52. The van der Waals surface area contributed by atoms with Crippen LogP contribution in [-0.4, -0.2) is 11.2 Å². The van der Waals surface area contributed by atoms with E-state index in [4.69, 9.17) is 0 Å². The molecule has 0 fully saturated rings. The molecule has 0 aliphatic heterocycles. The summed E-state index contributed by atoms with van der Waals surface area (Å²) in [5, 5.41) is 9.29. The molecule has 2 rings (SSSR count). The number of hydrogen-bond donors (Lipinski definition) is 1. The van der Waals surface area contributed by atoms with Gasteiger partial charge in [-0.1, -0.05) is 12.1 Å². The molecular formula is C12H12F2O. The van der Waals surface area contributed by atoms with E-state index in [9.17, 15) is 13.9 Å². The summed E-state index contributed by atoms with van der Waals surface area (Å²) < 4.78 is 27.1. The molecule has 0 heterocycles. The van der Waals surface area contributed by atoms with Crippen LogP contribution < -0.4 is 0 Å². The number of aliphatic hydroxyl groups excluding tert-OH is 1. The van der Waals surface area contributed by atoms with Crippen molar-refractivity contribution in [1.29, 1.82) is 0 Å². The molecule has 1 nitrogen and oxygen atoms in total. The Kier molecular flexibility index (Phi) is 2.57. The lowest BCUT2D eigenvalue weighted by molar-refractivity contribution is 0.223. The van der Waals surface area contributed by atoms with Gasteiger partial charge in [-0.05, 0) is 37.0 Å². The zero-order valence-electron chi connectivity index (χ0n) is 8.43. The third-order valence-corrected chi connectivity index (χ3v) is 2.71. The minimum Gasteiger partial charge on any atom is -0.389 e. The largest absolute Gasteiger partial charge is 0.389 e. The first kappa shape index (κ1) is 10.3. The molecule has 1 aromatic carbocycles. The quantitative estimate of drug-likeness (QED) is 0.755. The van der Waals surface area contributed by atoms with Crippen molar-refractivity contribution in [2.45, 2.75) is 25.9 Å². The summed E-state index contributed by atoms with van der Waals surface area (Å²) in [5.41, 5.74) is 1.02. The van der Waals surface area contributed by atoms with Crippen molar-refractivity contribution in [1.82, 2.24) is 0 Å². The Morgan fingerprint density at radius 2 is 2.07 bits per heavy atom. The van der Waals surface area contributed by atoms with Crippen molar-refractivity contribution >= 4 is 5.57 Å². The highest BCUT2D eigenvalue weighted by molar-refractivity contribution is 5.69. The van der Waals surface area contributed by atoms with Gasteiger partial charge < -0.3 is 5.11 Å². The lowest BCUT2D eigenvalue weighted by Gasteiger charge is -2.07. The van der Waals surface area contributed by atoms with Crippen molar-refractivity contribution in [2.24, 2.45) is 0 Å². The lowest BCUT2D eigenvalue weighted by Crippen LogP contribution is -1.96. The molecule has 0 aromatic heterocycles. The second-order valence-corrected chi connectivity index (χ2v) is 3.85. The summed E-state index contributed by atoms with van der Waals surface area (Å²) in [6.07, 6.45) is 2.03. The maximum absolute atomic E-state index is 13.7. The van der Waals surface area contributed by atoms with Crippen LogP contribution >= 0.6 is 0 Å². The Bertz CT molecular complexity index is 424. The first-order chi connectivity index (χ1) is 7.09. The SMILES string of the molecule is Cc1ccc(F)c(C2=CC(O)CC2)c1F. The number of aliphatic hydroxyl groups is 1. The Morgan fingerprint density at radius 1 is 1.33 bits per heavy atom. The monoisotopic (exact) mass is 210 g/mol. The van der Waals surface area contributed by atoms with Gasteiger partial charge in [0.1, 0.15) is 11.6 Å². The normalized spacial score (nSPS) is 20.5. The van der Waals surface area contributed by atoms with E-state index in [0.717, 1.165) is 0 Å². The van der Waals surface area contributed by atoms with E-state index < -0.39 is 17.7 Å². The highest BCUT2D eigenvalue weighted by Gasteiger charge is 2.21. The Hall–Kier alpha value is -1.22. The molecule has 1 aromatic rings. The first-order valence-electron chi connectivity index (χ1n) is 4.93. The van der Waals surface area contributed by atoms with E-state index in [1.165, 1.54) is 18.2 Å². The summed E-state index contributed by atoms with van der Waals surface area (Å²) in [7, 11) is 0. The van der Waals surface area contributed by atoms with Crippen molar-refractivity contribution in [2.75, 3.05) is 0 Å². The van der Waals surface area contributed by atoms with Gasteiger partial charge in [0.05, 0.1) is 6.10 Å². The number of aryl methyl sites for hydroxylation is 1. The number of benzene rings is 1. The minimum atomic E-state index is -0.570. The molecule has 1 N–H and O–H groups in total. The molecule has 0 bridgehead atoms. The van der Waals surface area contributed by atoms with Gasteiger partial charge in [-0.3, -0.25) is 0 Å². The summed E-state index contributed by atoms with van der Waals surface area (Å²) in [6.45, 7) is 1.60. The van der Waals surface area contributed by atoms with Crippen LogP contribution in [0.25, 0.3) is 5.57 Å². The van der Waals surface area contributed by atoms with Gasteiger partial charge in [-0.2, -0.15) is 0 Å². The van der Waals surface area contributed by atoms with E-state index >= 15 is 0 Å². The fourth-order valence-corrected chi connectivity index (χ4v) is 1.86. The molecular weight excluding hydrogens is 198 g/mol. The molecule has 1 aliphatic carbocycles. The molecule has 80 valence electrons. The van der Waals surface area contributed by atoms with Crippen LogP contribution in [0.3, 0.4) is 0 Å². The maximum Gasteiger partial charge on any atom is 0.136 e. The Labute approximate surface area is 87.1 Å². The van der Waals surface area contributed by atoms with Crippen LogP contribution in [0.2, 0.25) is 0 Å². The van der Waals surface area contributed by atoms with E-state index in [1.54, 1.807) is 6.92 Å². The van der Waals surface area contributed by atoms with Crippen molar-refractivity contribution in [3.63, 3.8) is 0 Å². The Morgan fingerprint density at radius 3 is 2.67 bits per heavy atom. The number of hydrogen-bond acceptors (Lipinski definition) is 1. The topological polar surface area (TPSA) is 20.2 Å². The highest BCUT2D eigenvalue weighted by atomic mass is 19.1. The lowest BCUT2D eigenvalue weighted by atomic mass is 10.0. The van der Waals surface area contributed by atoms with Gasteiger partial charge in [0.25, 0.3) is 0 Å². The van der Waals surface area contributed by atoms with Crippen molar-refractivity contribution < 1.29 is 13.9 Å². The molecule has 0 radical (unpaired) electrons. The van der Waals surface area contributed by atoms with Gasteiger partial charge in [-0.15, -0.1) is 0 Å². The van der Waals surface area contributed by atoms with Crippen molar-refractivity contribution in [3.8, 4) is 0 Å². The van der Waals surface area contributed by atoms with Crippen molar-refractivity contribution in [3.05, 3.63) is 41.0 Å². The van der Waals surface area contributed by atoms with Gasteiger partial charge in [0.2, 0.25) is 0 Å². The van der Waals surface area contributed by atoms with Crippen LogP contribution in [0.1, 0.15) is 24.0 Å². The number of halogens is 2. The standard InChI is InChI=1S/C12H12F2O/c1-7-2-5-10(13)11(12(7)14)8-3-4-9(15)6-8/h2,5-6,9,15H,3-4H2,1H3. The van der Waals surface area contributed by atoms with Crippen LogP contribution in [0.4, 0.5) is 8.78 Å².